The van der Waals surface area contributed by atoms with Gasteiger partial charge in [0.1, 0.15) is 0 Å². The summed E-state index contributed by atoms with van der Waals surface area (Å²) in [5, 5.41) is 4.07. The average molecular weight is 297 g/mol. The van der Waals surface area contributed by atoms with Crippen molar-refractivity contribution in [3.63, 3.8) is 0 Å². The number of carbonyl (C=O) groups excluding carboxylic acids is 1. The number of morpholine rings is 1. The minimum absolute atomic E-state index is 0.212. The molecule has 4 nitrogen and oxygen atoms in total. The summed E-state index contributed by atoms with van der Waals surface area (Å²) in [5.74, 6) is 0.212. The Morgan fingerprint density at radius 3 is 2.85 bits per heavy atom. The lowest BCUT2D eigenvalue weighted by molar-refractivity contribution is -0.135. The molecule has 1 amide bonds. The van der Waals surface area contributed by atoms with Gasteiger partial charge in [-0.25, -0.2) is 0 Å². The summed E-state index contributed by atoms with van der Waals surface area (Å²) in [4.78, 5) is 13.8. The number of halogens is 1. The van der Waals surface area contributed by atoms with E-state index in [1.165, 1.54) is 5.56 Å². The summed E-state index contributed by atoms with van der Waals surface area (Å²) in [6.45, 7) is 4.35. The van der Waals surface area contributed by atoms with Crippen LogP contribution in [-0.2, 0) is 16.0 Å². The van der Waals surface area contributed by atoms with E-state index in [0.29, 0.717) is 19.6 Å². The summed E-state index contributed by atoms with van der Waals surface area (Å²) in [6, 6.07) is 7.87. The van der Waals surface area contributed by atoms with Crippen LogP contribution in [-0.4, -0.2) is 50.2 Å². The molecule has 20 heavy (non-hydrogen) atoms. The van der Waals surface area contributed by atoms with Gasteiger partial charge in [-0.3, -0.25) is 4.79 Å². The van der Waals surface area contributed by atoms with Gasteiger partial charge in [0.15, 0.2) is 0 Å². The molecule has 1 heterocycles. The zero-order valence-electron chi connectivity index (χ0n) is 11.6. The second-order valence-electron chi connectivity index (χ2n) is 4.87. The second kappa shape index (κ2) is 8.25. The summed E-state index contributed by atoms with van der Waals surface area (Å²) in [6.07, 6.45) is 1.47. The molecule has 1 aromatic carbocycles. The van der Waals surface area contributed by atoms with Gasteiger partial charge >= 0.3 is 0 Å². The van der Waals surface area contributed by atoms with Crippen molar-refractivity contribution in [2.75, 3.05) is 39.4 Å². The fourth-order valence-corrected chi connectivity index (χ4v) is 2.43. The first-order valence-corrected chi connectivity index (χ1v) is 7.44. The van der Waals surface area contributed by atoms with Gasteiger partial charge in [-0.15, -0.1) is 0 Å². The highest BCUT2D eigenvalue weighted by atomic mass is 35.5. The predicted molar refractivity (Wildman–Crippen MR) is 80.0 cm³/mol. The third-order valence-corrected chi connectivity index (χ3v) is 3.59. The maximum Gasteiger partial charge on any atom is 0.224 e. The number of rotatable bonds is 6. The van der Waals surface area contributed by atoms with Gasteiger partial charge < -0.3 is 15.0 Å². The number of benzene rings is 1. The summed E-state index contributed by atoms with van der Waals surface area (Å²) >= 11 is 5.93. The zero-order chi connectivity index (χ0) is 14.2. The number of nitrogens with one attached hydrogen (secondary N) is 1. The van der Waals surface area contributed by atoms with E-state index in [1.807, 2.05) is 23.1 Å². The maximum absolute atomic E-state index is 11.9. The first-order valence-electron chi connectivity index (χ1n) is 7.06. The van der Waals surface area contributed by atoms with Gasteiger partial charge in [0, 0.05) is 31.1 Å². The van der Waals surface area contributed by atoms with E-state index < -0.39 is 0 Å². The Morgan fingerprint density at radius 1 is 1.30 bits per heavy atom. The molecule has 110 valence electrons. The lowest BCUT2D eigenvalue weighted by Gasteiger charge is -2.26. The molecular formula is C15H21ClN2O2. The predicted octanol–water partition coefficient (Wildman–Crippen LogP) is 1.72. The van der Waals surface area contributed by atoms with Crippen molar-refractivity contribution < 1.29 is 9.53 Å². The molecule has 1 saturated heterocycles. The van der Waals surface area contributed by atoms with Crippen LogP contribution in [0, 0.1) is 0 Å². The van der Waals surface area contributed by atoms with Crippen molar-refractivity contribution in [3.05, 3.63) is 34.9 Å². The van der Waals surface area contributed by atoms with Crippen LogP contribution in [0.15, 0.2) is 24.3 Å². The molecule has 0 unspecified atom stereocenters. The molecule has 1 aliphatic heterocycles. The van der Waals surface area contributed by atoms with E-state index in [-0.39, 0.29) is 5.91 Å². The fraction of sp³-hybridized carbons (Fsp3) is 0.533. The van der Waals surface area contributed by atoms with Crippen LogP contribution in [0.3, 0.4) is 0 Å². The van der Waals surface area contributed by atoms with Crippen LogP contribution < -0.4 is 5.32 Å². The number of ether oxygens (including phenoxy) is 1. The highest BCUT2D eigenvalue weighted by Crippen LogP contribution is 2.10. The number of nitrogens with zero attached hydrogens (tertiary/aromatic N) is 1. The molecule has 1 N–H and O–H groups in total. The first-order chi connectivity index (χ1) is 9.75. The summed E-state index contributed by atoms with van der Waals surface area (Å²) < 4.78 is 5.23. The number of hydrogen-bond acceptors (Lipinski definition) is 3. The number of carbonyl (C=O) groups is 1. The first kappa shape index (κ1) is 15.3. The highest BCUT2D eigenvalue weighted by molar-refractivity contribution is 6.30. The largest absolute Gasteiger partial charge is 0.378 e. The van der Waals surface area contributed by atoms with Crippen molar-refractivity contribution in [2.45, 2.75) is 12.8 Å². The minimum atomic E-state index is 0.212. The molecule has 0 saturated carbocycles. The molecule has 0 radical (unpaired) electrons. The van der Waals surface area contributed by atoms with E-state index in [1.54, 1.807) is 0 Å². The van der Waals surface area contributed by atoms with Crippen molar-refractivity contribution >= 4 is 17.5 Å². The van der Waals surface area contributed by atoms with Gasteiger partial charge in [0.2, 0.25) is 5.91 Å². The Morgan fingerprint density at radius 2 is 2.10 bits per heavy atom. The number of hydrogen-bond donors (Lipinski definition) is 1. The normalized spacial score (nSPS) is 15.3. The smallest absolute Gasteiger partial charge is 0.224 e. The minimum Gasteiger partial charge on any atom is -0.378 e. The van der Waals surface area contributed by atoms with E-state index in [9.17, 15) is 4.79 Å². The van der Waals surface area contributed by atoms with E-state index in [4.69, 9.17) is 16.3 Å². The standard InChI is InChI=1S/C15H21ClN2O2/c16-14-3-1-2-13(12-14)4-6-17-7-5-15(19)18-8-10-20-11-9-18/h1-3,12,17H,4-11H2. The molecular weight excluding hydrogens is 276 g/mol. The summed E-state index contributed by atoms with van der Waals surface area (Å²) in [5.41, 5.74) is 1.21. The Hall–Kier alpha value is -1.10. The molecule has 5 heteroatoms. The summed E-state index contributed by atoms with van der Waals surface area (Å²) in [7, 11) is 0. The molecule has 0 spiro atoms. The maximum atomic E-state index is 11.9. The SMILES string of the molecule is O=C(CCNCCc1cccc(Cl)c1)N1CCOCC1. The third-order valence-electron chi connectivity index (χ3n) is 3.36. The van der Waals surface area contributed by atoms with Crippen LogP contribution in [0.1, 0.15) is 12.0 Å². The van der Waals surface area contributed by atoms with Crippen LogP contribution in [0.2, 0.25) is 5.02 Å². The van der Waals surface area contributed by atoms with Crippen LogP contribution in [0.25, 0.3) is 0 Å². The van der Waals surface area contributed by atoms with Crippen LogP contribution in [0.4, 0.5) is 0 Å². The van der Waals surface area contributed by atoms with Gasteiger partial charge in [-0.1, -0.05) is 23.7 Å². The van der Waals surface area contributed by atoms with E-state index in [2.05, 4.69) is 11.4 Å². The van der Waals surface area contributed by atoms with Crippen molar-refractivity contribution in [2.24, 2.45) is 0 Å². The van der Waals surface area contributed by atoms with Crippen molar-refractivity contribution in [1.29, 1.82) is 0 Å². The monoisotopic (exact) mass is 296 g/mol. The van der Waals surface area contributed by atoms with E-state index >= 15 is 0 Å². The number of amides is 1. The van der Waals surface area contributed by atoms with Gasteiger partial charge in [-0.05, 0) is 30.7 Å². The van der Waals surface area contributed by atoms with Gasteiger partial charge in [0.05, 0.1) is 13.2 Å². The highest BCUT2D eigenvalue weighted by Gasteiger charge is 2.15. The topological polar surface area (TPSA) is 41.6 Å². The molecule has 0 aliphatic carbocycles. The van der Waals surface area contributed by atoms with E-state index in [0.717, 1.165) is 37.6 Å². The lowest BCUT2D eigenvalue weighted by atomic mass is 10.1. The molecule has 0 atom stereocenters. The second-order valence-corrected chi connectivity index (χ2v) is 5.31. The molecule has 2 rings (SSSR count). The Labute approximate surface area is 125 Å². The molecule has 0 bridgehead atoms. The average Bonchev–Trinajstić information content (AvgIpc) is 2.48. The lowest BCUT2D eigenvalue weighted by Crippen LogP contribution is -2.41. The fourth-order valence-electron chi connectivity index (χ4n) is 2.22. The quantitative estimate of drug-likeness (QED) is 0.813. The molecule has 0 aromatic heterocycles. The molecule has 1 fully saturated rings. The van der Waals surface area contributed by atoms with Crippen LogP contribution in [0.5, 0.6) is 0 Å². The third kappa shape index (κ3) is 5.12. The molecule has 1 aromatic rings. The Balaban J connectivity index is 1.58. The van der Waals surface area contributed by atoms with Crippen LogP contribution >= 0.6 is 11.6 Å². The zero-order valence-corrected chi connectivity index (χ0v) is 12.4. The van der Waals surface area contributed by atoms with Gasteiger partial charge in [0.25, 0.3) is 0 Å². The Bertz CT molecular complexity index is 434. The van der Waals surface area contributed by atoms with Gasteiger partial charge in [-0.2, -0.15) is 0 Å². The van der Waals surface area contributed by atoms with Crippen molar-refractivity contribution in [1.82, 2.24) is 10.2 Å². The Kier molecular flexibility index (Phi) is 6.30. The van der Waals surface area contributed by atoms with Crippen molar-refractivity contribution in [3.8, 4) is 0 Å². The molecule has 1 aliphatic rings.